The van der Waals surface area contributed by atoms with Gasteiger partial charge in [-0.25, -0.2) is 0 Å². The molecule has 19 heavy (non-hydrogen) atoms. The summed E-state index contributed by atoms with van der Waals surface area (Å²) < 4.78 is 1.81. The van der Waals surface area contributed by atoms with E-state index in [0.717, 1.165) is 17.8 Å². The van der Waals surface area contributed by atoms with Gasteiger partial charge < -0.3 is 10.4 Å². The Kier molecular flexibility index (Phi) is 4.35. The Bertz CT molecular complexity index is 548. The molecular weight excluding hydrogens is 238 g/mol. The van der Waals surface area contributed by atoms with E-state index >= 15 is 0 Å². The van der Waals surface area contributed by atoms with Gasteiger partial charge in [0.25, 0.3) is 0 Å². The van der Waals surface area contributed by atoms with E-state index in [1.165, 1.54) is 11.1 Å². The Hall–Kier alpha value is -1.65. The lowest BCUT2D eigenvalue weighted by atomic mass is 10.1. The highest BCUT2D eigenvalue weighted by Gasteiger charge is 2.08. The zero-order chi connectivity index (χ0) is 13.8. The Morgan fingerprint density at radius 2 is 2.16 bits per heavy atom. The SMILES string of the molecule is Cc1cccc(C(O)CNCc2cn(C)nc2C)c1. The molecule has 0 aliphatic carbocycles. The molecule has 1 atom stereocenters. The molecular formula is C15H21N3O. The summed E-state index contributed by atoms with van der Waals surface area (Å²) >= 11 is 0. The average molecular weight is 259 g/mol. The van der Waals surface area contributed by atoms with Crippen molar-refractivity contribution in [3.63, 3.8) is 0 Å². The maximum Gasteiger partial charge on any atom is 0.0914 e. The maximum atomic E-state index is 10.1. The van der Waals surface area contributed by atoms with Crippen molar-refractivity contribution in [3.05, 3.63) is 52.8 Å². The minimum Gasteiger partial charge on any atom is -0.387 e. The highest BCUT2D eigenvalue weighted by Crippen LogP contribution is 2.13. The van der Waals surface area contributed by atoms with E-state index in [2.05, 4.69) is 10.4 Å². The maximum absolute atomic E-state index is 10.1. The van der Waals surface area contributed by atoms with Crippen molar-refractivity contribution in [3.8, 4) is 0 Å². The lowest BCUT2D eigenvalue weighted by Crippen LogP contribution is -2.21. The zero-order valence-corrected chi connectivity index (χ0v) is 11.7. The molecule has 2 N–H and O–H groups in total. The first-order valence-corrected chi connectivity index (χ1v) is 6.50. The summed E-state index contributed by atoms with van der Waals surface area (Å²) in [4.78, 5) is 0. The molecule has 0 aliphatic rings. The Labute approximate surface area is 114 Å². The number of benzene rings is 1. The molecule has 0 saturated heterocycles. The predicted octanol–water partition coefficient (Wildman–Crippen LogP) is 1.86. The predicted molar refractivity (Wildman–Crippen MR) is 75.8 cm³/mol. The van der Waals surface area contributed by atoms with Crippen LogP contribution in [-0.2, 0) is 13.6 Å². The molecule has 4 nitrogen and oxygen atoms in total. The minimum absolute atomic E-state index is 0.475. The highest BCUT2D eigenvalue weighted by atomic mass is 16.3. The lowest BCUT2D eigenvalue weighted by molar-refractivity contribution is 0.174. The number of nitrogens with zero attached hydrogens (tertiary/aromatic N) is 2. The molecule has 4 heteroatoms. The third kappa shape index (κ3) is 3.66. The Morgan fingerprint density at radius 1 is 1.37 bits per heavy atom. The third-order valence-electron chi connectivity index (χ3n) is 3.20. The molecule has 1 aromatic heterocycles. The Morgan fingerprint density at radius 3 is 2.79 bits per heavy atom. The minimum atomic E-state index is -0.475. The molecule has 0 amide bonds. The largest absolute Gasteiger partial charge is 0.387 e. The molecule has 0 aliphatic heterocycles. The molecule has 1 unspecified atom stereocenters. The van der Waals surface area contributed by atoms with E-state index in [1.54, 1.807) is 0 Å². The zero-order valence-electron chi connectivity index (χ0n) is 11.7. The van der Waals surface area contributed by atoms with Gasteiger partial charge in [-0.1, -0.05) is 29.8 Å². The van der Waals surface area contributed by atoms with Crippen LogP contribution < -0.4 is 5.32 Å². The average Bonchev–Trinajstić information content (AvgIpc) is 2.68. The summed E-state index contributed by atoms with van der Waals surface area (Å²) in [6.45, 7) is 5.29. The van der Waals surface area contributed by atoms with Crippen LogP contribution in [0.4, 0.5) is 0 Å². The second-order valence-electron chi connectivity index (χ2n) is 4.97. The van der Waals surface area contributed by atoms with Crippen LogP contribution in [0.5, 0.6) is 0 Å². The topological polar surface area (TPSA) is 50.1 Å². The van der Waals surface area contributed by atoms with Crippen LogP contribution in [-0.4, -0.2) is 21.4 Å². The normalized spacial score (nSPS) is 12.6. The molecule has 2 rings (SSSR count). The van der Waals surface area contributed by atoms with Crippen molar-refractivity contribution >= 4 is 0 Å². The van der Waals surface area contributed by atoms with E-state index in [0.29, 0.717) is 6.54 Å². The molecule has 1 heterocycles. The van der Waals surface area contributed by atoms with Gasteiger partial charge in [0.15, 0.2) is 0 Å². The van der Waals surface area contributed by atoms with Gasteiger partial charge in [0.2, 0.25) is 0 Å². The van der Waals surface area contributed by atoms with E-state index in [4.69, 9.17) is 0 Å². The monoisotopic (exact) mass is 259 g/mol. The van der Waals surface area contributed by atoms with Crippen molar-refractivity contribution in [2.24, 2.45) is 7.05 Å². The first-order chi connectivity index (χ1) is 9.06. The van der Waals surface area contributed by atoms with Crippen LogP contribution in [0.15, 0.2) is 30.5 Å². The molecule has 0 radical (unpaired) electrons. The van der Waals surface area contributed by atoms with Crippen molar-refractivity contribution in [1.29, 1.82) is 0 Å². The van der Waals surface area contributed by atoms with Gasteiger partial charge in [-0.05, 0) is 19.4 Å². The number of nitrogens with one attached hydrogen (secondary N) is 1. The molecule has 1 aromatic carbocycles. The third-order valence-corrected chi connectivity index (χ3v) is 3.20. The van der Waals surface area contributed by atoms with Crippen LogP contribution in [0.2, 0.25) is 0 Å². The van der Waals surface area contributed by atoms with Gasteiger partial charge in [-0.3, -0.25) is 4.68 Å². The highest BCUT2D eigenvalue weighted by molar-refractivity contribution is 5.24. The van der Waals surface area contributed by atoms with Gasteiger partial charge in [0.1, 0.15) is 0 Å². The van der Waals surface area contributed by atoms with Crippen LogP contribution in [0, 0.1) is 13.8 Å². The summed E-state index contributed by atoms with van der Waals surface area (Å²) in [6, 6.07) is 7.97. The number of rotatable bonds is 5. The van der Waals surface area contributed by atoms with Crippen molar-refractivity contribution < 1.29 is 5.11 Å². The van der Waals surface area contributed by atoms with E-state index in [-0.39, 0.29) is 0 Å². The molecule has 0 fully saturated rings. The van der Waals surface area contributed by atoms with Gasteiger partial charge in [-0.15, -0.1) is 0 Å². The number of hydrogen-bond donors (Lipinski definition) is 2. The van der Waals surface area contributed by atoms with Crippen LogP contribution in [0.3, 0.4) is 0 Å². The van der Waals surface area contributed by atoms with E-state index < -0.39 is 6.10 Å². The summed E-state index contributed by atoms with van der Waals surface area (Å²) in [5.41, 5.74) is 4.31. The Balaban J connectivity index is 1.87. The van der Waals surface area contributed by atoms with Crippen LogP contribution >= 0.6 is 0 Å². The van der Waals surface area contributed by atoms with Crippen molar-refractivity contribution in [1.82, 2.24) is 15.1 Å². The van der Waals surface area contributed by atoms with Crippen LogP contribution in [0.1, 0.15) is 28.5 Å². The standard InChI is InChI=1S/C15H21N3O/c1-11-5-4-6-13(7-11)15(19)9-16-8-14-10-18(3)17-12(14)2/h4-7,10,15-16,19H,8-9H2,1-3H3. The summed E-state index contributed by atoms with van der Waals surface area (Å²) in [6.07, 6.45) is 1.53. The van der Waals surface area contributed by atoms with Gasteiger partial charge in [0, 0.05) is 31.9 Å². The lowest BCUT2D eigenvalue weighted by Gasteiger charge is -2.12. The fourth-order valence-electron chi connectivity index (χ4n) is 2.16. The first-order valence-electron chi connectivity index (χ1n) is 6.50. The van der Waals surface area contributed by atoms with Crippen LogP contribution in [0.25, 0.3) is 0 Å². The summed E-state index contributed by atoms with van der Waals surface area (Å²) in [7, 11) is 1.91. The summed E-state index contributed by atoms with van der Waals surface area (Å²) in [5.74, 6) is 0. The van der Waals surface area contributed by atoms with Gasteiger partial charge >= 0.3 is 0 Å². The molecule has 2 aromatic rings. The van der Waals surface area contributed by atoms with E-state index in [9.17, 15) is 5.11 Å². The van der Waals surface area contributed by atoms with Gasteiger partial charge in [-0.2, -0.15) is 5.10 Å². The second-order valence-corrected chi connectivity index (χ2v) is 4.97. The molecule has 102 valence electrons. The van der Waals surface area contributed by atoms with Crippen molar-refractivity contribution in [2.45, 2.75) is 26.5 Å². The fourth-order valence-corrected chi connectivity index (χ4v) is 2.16. The smallest absolute Gasteiger partial charge is 0.0914 e. The van der Waals surface area contributed by atoms with Crippen molar-refractivity contribution in [2.75, 3.05) is 6.54 Å². The molecule has 0 bridgehead atoms. The van der Waals surface area contributed by atoms with E-state index in [1.807, 2.05) is 56.0 Å². The number of aromatic nitrogens is 2. The number of aryl methyl sites for hydroxylation is 3. The second kappa shape index (κ2) is 5.99. The fraction of sp³-hybridized carbons (Fsp3) is 0.400. The van der Waals surface area contributed by atoms with Gasteiger partial charge in [0.05, 0.1) is 11.8 Å². The number of aliphatic hydroxyl groups is 1. The summed E-state index contributed by atoms with van der Waals surface area (Å²) in [5, 5.41) is 17.7. The number of hydrogen-bond acceptors (Lipinski definition) is 3. The molecule has 0 spiro atoms. The first kappa shape index (κ1) is 13.8. The molecule has 0 saturated carbocycles. The quantitative estimate of drug-likeness (QED) is 0.861. The number of aliphatic hydroxyl groups excluding tert-OH is 1.